The number of aliphatic carboxylic acids is 1. The molecule has 1 N–H and O–H groups in total. The summed E-state index contributed by atoms with van der Waals surface area (Å²) < 4.78 is 12.7. The molecule has 1 aliphatic heterocycles. The van der Waals surface area contributed by atoms with E-state index in [-0.39, 0.29) is 24.3 Å². The van der Waals surface area contributed by atoms with Gasteiger partial charge in [-0.15, -0.1) is 0 Å². The van der Waals surface area contributed by atoms with Crippen molar-refractivity contribution in [1.82, 2.24) is 4.90 Å². The summed E-state index contributed by atoms with van der Waals surface area (Å²) >= 11 is 9.64. The summed E-state index contributed by atoms with van der Waals surface area (Å²) in [6.07, 6.45) is 0.563. The Kier molecular flexibility index (Phi) is 6.53. The van der Waals surface area contributed by atoms with Gasteiger partial charge in [0.15, 0.2) is 11.0 Å². The number of rotatable bonds is 7. The minimum absolute atomic E-state index is 0.0372. The van der Waals surface area contributed by atoms with Crippen LogP contribution in [-0.4, -0.2) is 41.6 Å². The highest BCUT2D eigenvalue weighted by atomic mass is 79.9. The normalized spacial score (nSPS) is 16.0. The van der Waals surface area contributed by atoms with E-state index >= 15 is 0 Å². The van der Waals surface area contributed by atoms with Gasteiger partial charge in [-0.3, -0.25) is 14.4 Å². The number of likely N-dealkylation sites (tertiary alicyclic amines) is 1. The lowest BCUT2D eigenvalue weighted by atomic mass is 10.1. The molecule has 1 aliphatic rings. The number of amides is 1. The van der Waals surface area contributed by atoms with Gasteiger partial charge < -0.3 is 19.2 Å². The van der Waals surface area contributed by atoms with E-state index in [4.69, 9.17) is 25.9 Å². The van der Waals surface area contributed by atoms with Crippen molar-refractivity contribution in [3.63, 3.8) is 0 Å². The smallest absolute Gasteiger partial charge is 0.308 e. The summed E-state index contributed by atoms with van der Waals surface area (Å²) in [5.41, 5.74) is 0.694. The van der Waals surface area contributed by atoms with Crippen LogP contribution in [0.1, 0.15) is 12.8 Å². The molecule has 0 radical (unpaired) electrons. The highest BCUT2D eigenvalue weighted by Gasteiger charge is 2.33. The van der Waals surface area contributed by atoms with Crippen LogP contribution in [0.3, 0.4) is 0 Å². The standard InChI is InChI=1S/C23H19BrClNO6/c24-14-5-6-16(20-11-18(27)15-3-1-4-17(25)22(15)32-20)19(10-14)31-8-2-7-26-12-13(23(29)30)9-21(26)28/h1,3-6,10-11,13H,2,7-9,12H2,(H,29,30). The molecule has 1 amide bonds. The number of halogens is 2. The number of carboxylic acid groups (broad SMARTS) is 1. The maximum atomic E-state index is 12.6. The first-order valence-corrected chi connectivity index (χ1v) is 11.2. The Morgan fingerprint density at radius 1 is 1.25 bits per heavy atom. The molecule has 0 aliphatic carbocycles. The minimum atomic E-state index is -0.951. The summed E-state index contributed by atoms with van der Waals surface area (Å²) in [4.78, 5) is 37.2. The van der Waals surface area contributed by atoms with E-state index in [2.05, 4.69) is 15.9 Å². The van der Waals surface area contributed by atoms with Crippen molar-refractivity contribution in [3.05, 3.63) is 62.2 Å². The predicted molar refractivity (Wildman–Crippen MR) is 123 cm³/mol. The summed E-state index contributed by atoms with van der Waals surface area (Å²) in [6, 6.07) is 11.8. The van der Waals surface area contributed by atoms with Gasteiger partial charge in [0, 0.05) is 30.0 Å². The molecular formula is C23H19BrClNO6. The molecule has 4 rings (SSSR count). The molecule has 7 nitrogen and oxygen atoms in total. The third kappa shape index (κ3) is 4.66. The van der Waals surface area contributed by atoms with E-state index in [9.17, 15) is 14.4 Å². The number of carbonyl (C=O) groups is 2. The van der Waals surface area contributed by atoms with Gasteiger partial charge >= 0.3 is 5.97 Å². The van der Waals surface area contributed by atoms with Crippen LogP contribution in [0.5, 0.6) is 5.75 Å². The van der Waals surface area contributed by atoms with Crippen LogP contribution in [0, 0.1) is 5.92 Å². The zero-order valence-corrected chi connectivity index (χ0v) is 19.2. The highest BCUT2D eigenvalue weighted by Crippen LogP contribution is 2.34. The molecule has 0 spiro atoms. The predicted octanol–water partition coefficient (Wildman–Crippen LogP) is 4.58. The first kappa shape index (κ1) is 22.4. The van der Waals surface area contributed by atoms with Crippen molar-refractivity contribution in [3.8, 4) is 17.1 Å². The maximum Gasteiger partial charge on any atom is 0.308 e. The van der Waals surface area contributed by atoms with E-state index in [0.717, 1.165) is 4.47 Å². The van der Waals surface area contributed by atoms with Crippen molar-refractivity contribution >= 4 is 50.4 Å². The van der Waals surface area contributed by atoms with E-state index < -0.39 is 11.9 Å². The van der Waals surface area contributed by atoms with Crippen LogP contribution in [0.25, 0.3) is 22.3 Å². The second-order valence-electron chi connectivity index (χ2n) is 7.51. The average molecular weight is 521 g/mol. The van der Waals surface area contributed by atoms with Gasteiger partial charge in [0.05, 0.1) is 28.5 Å². The van der Waals surface area contributed by atoms with Crippen LogP contribution < -0.4 is 10.2 Å². The Hall–Kier alpha value is -2.84. The molecule has 1 saturated heterocycles. The summed E-state index contributed by atoms with van der Waals surface area (Å²) in [6.45, 7) is 0.926. The Morgan fingerprint density at radius 2 is 2.06 bits per heavy atom. The third-order valence-corrected chi connectivity index (χ3v) is 6.10. The number of nitrogens with zero attached hydrogens (tertiary/aromatic N) is 1. The molecule has 0 bridgehead atoms. The monoisotopic (exact) mass is 519 g/mol. The number of hydrogen-bond donors (Lipinski definition) is 1. The number of hydrogen-bond acceptors (Lipinski definition) is 5. The van der Waals surface area contributed by atoms with E-state index in [0.29, 0.717) is 52.6 Å². The molecule has 1 atom stereocenters. The Labute approximate surface area is 196 Å². The van der Waals surface area contributed by atoms with Crippen LogP contribution in [0.15, 0.2) is 56.1 Å². The Bertz CT molecular complexity index is 1260. The van der Waals surface area contributed by atoms with Crippen LogP contribution in [0.2, 0.25) is 5.02 Å². The number of benzene rings is 2. The Morgan fingerprint density at radius 3 is 2.81 bits per heavy atom. The molecule has 1 fully saturated rings. The van der Waals surface area contributed by atoms with Gasteiger partial charge in [-0.25, -0.2) is 0 Å². The summed E-state index contributed by atoms with van der Waals surface area (Å²) in [5, 5.41) is 9.83. The highest BCUT2D eigenvalue weighted by molar-refractivity contribution is 9.10. The quantitative estimate of drug-likeness (QED) is 0.458. The molecule has 3 aromatic rings. The largest absolute Gasteiger partial charge is 0.493 e. The topological polar surface area (TPSA) is 97.0 Å². The molecular weight excluding hydrogens is 502 g/mol. The van der Waals surface area contributed by atoms with Crippen molar-refractivity contribution < 1.29 is 23.8 Å². The van der Waals surface area contributed by atoms with E-state index in [1.54, 1.807) is 35.2 Å². The lowest BCUT2D eigenvalue weighted by molar-refractivity contribution is -0.141. The van der Waals surface area contributed by atoms with Crippen LogP contribution >= 0.6 is 27.5 Å². The number of fused-ring (bicyclic) bond motifs is 1. The zero-order chi connectivity index (χ0) is 22.8. The molecule has 1 unspecified atom stereocenters. The number of ether oxygens (including phenoxy) is 1. The van der Waals surface area contributed by atoms with Crippen molar-refractivity contribution in [2.75, 3.05) is 19.7 Å². The summed E-state index contributed by atoms with van der Waals surface area (Å²) in [5.74, 6) is -0.923. The molecule has 1 aromatic heterocycles. The minimum Gasteiger partial charge on any atom is -0.493 e. The SMILES string of the molecule is O=C(O)C1CC(=O)N(CCCOc2cc(Br)ccc2-c2cc(=O)c3cccc(Cl)c3o2)C1. The van der Waals surface area contributed by atoms with Gasteiger partial charge in [0.1, 0.15) is 11.5 Å². The fourth-order valence-electron chi connectivity index (χ4n) is 3.69. The second kappa shape index (κ2) is 9.34. The molecule has 32 heavy (non-hydrogen) atoms. The second-order valence-corrected chi connectivity index (χ2v) is 8.84. The first-order valence-electron chi connectivity index (χ1n) is 9.99. The average Bonchev–Trinajstić information content (AvgIpc) is 3.13. The van der Waals surface area contributed by atoms with Crippen LogP contribution in [-0.2, 0) is 9.59 Å². The van der Waals surface area contributed by atoms with Crippen LogP contribution in [0.4, 0.5) is 0 Å². The molecule has 2 heterocycles. The lowest BCUT2D eigenvalue weighted by Crippen LogP contribution is -2.28. The number of carbonyl (C=O) groups excluding carboxylic acids is 1. The zero-order valence-electron chi connectivity index (χ0n) is 16.8. The van der Waals surface area contributed by atoms with Crippen molar-refractivity contribution in [2.24, 2.45) is 5.92 Å². The van der Waals surface area contributed by atoms with Gasteiger partial charge in [-0.2, -0.15) is 0 Å². The van der Waals surface area contributed by atoms with Gasteiger partial charge in [-0.1, -0.05) is 33.6 Å². The van der Waals surface area contributed by atoms with E-state index in [1.807, 2.05) is 6.07 Å². The number of para-hydroxylation sites is 1. The Balaban J connectivity index is 1.51. The molecule has 166 valence electrons. The fourth-order valence-corrected chi connectivity index (χ4v) is 4.24. The molecule has 0 saturated carbocycles. The van der Waals surface area contributed by atoms with Gasteiger partial charge in [0.2, 0.25) is 5.91 Å². The fraction of sp³-hybridized carbons (Fsp3) is 0.261. The first-order chi connectivity index (χ1) is 15.3. The maximum absolute atomic E-state index is 12.6. The third-order valence-electron chi connectivity index (χ3n) is 5.31. The number of carboxylic acids is 1. The van der Waals surface area contributed by atoms with Gasteiger partial charge in [0.25, 0.3) is 0 Å². The van der Waals surface area contributed by atoms with E-state index in [1.165, 1.54) is 6.07 Å². The molecule has 2 aromatic carbocycles. The molecule has 9 heteroatoms. The summed E-state index contributed by atoms with van der Waals surface area (Å²) in [7, 11) is 0. The van der Waals surface area contributed by atoms with Gasteiger partial charge in [-0.05, 0) is 36.8 Å². The lowest BCUT2D eigenvalue weighted by Gasteiger charge is -2.17. The van der Waals surface area contributed by atoms with Crippen molar-refractivity contribution in [1.29, 1.82) is 0 Å². The van der Waals surface area contributed by atoms with Crippen molar-refractivity contribution in [2.45, 2.75) is 12.8 Å².